The third-order valence-electron chi connectivity index (χ3n) is 0.903. The molecule has 0 aromatic carbocycles. The van der Waals surface area contributed by atoms with E-state index in [1.165, 1.54) is 23.6 Å². The van der Waals surface area contributed by atoms with Crippen LogP contribution in [0.4, 0.5) is 0 Å². The normalized spacial score (nSPS) is 26.3. The van der Waals surface area contributed by atoms with Crippen LogP contribution in [0.3, 0.4) is 0 Å². The van der Waals surface area contributed by atoms with Gasteiger partial charge in [0.05, 0.1) is 0 Å². The van der Waals surface area contributed by atoms with E-state index in [-0.39, 0.29) is 0 Å². The van der Waals surface area contributed by atoms with Gasteiger partial charge in [0, 0.05) is 4.61 Å². The molecule has 2 heteroatoms. The molecule has 1 atom stereocenters. The van der Waals surface area contributed by atoms with E-state index in [1.54, 1.807) is 0 Å². The molecule has 1 unspecified atom stereocenters. The Bertz CT molecular complexity index is 61.9. The van der Waals surface area contributed by atoms with Gasteiger partial charge in [0.1, 0.15) is 0 Å². The highest BCUT2D eigenvalue weighted by Crippen LogP contribution is 2.26. The number of hydrogen-bond donors (Lipinski definition) is 0. The predicted octanol–water partition coefficient (Wildman–Crippen LogP) is 1.79. The molecule has 0 spiro atoms. The van der Waals surface area contributed by atoms with Gasteiger partial charge in [0.15, 0.2) is 0 Å². The van der Waals surface area contributed by atoms with Gasteiger partial charge in [-0.1, -0.05) is 20.8 Å². The van der Waals surface area contributed by atoms with Crippen molar-refractivity contribution in [2.75, 3.05) is 6.16 Å². The molecule has 0 aromatic rings. The van der Waals surface area contributed by atoms with Crippen molar-refractivity contribution in [3.63, 3.8) is 0 Å². The zero-order valence-electron chi connectivity index (χ0n) is 3.53. The Kier molecular flexibility index (Phi) is 1.55. The summed E-state index contributed by atoms with van der Waals surface area (Å²) in [7, 11) is 1.01. The molecule has 0 nitrogen and oxygen atoms in total. The summed E-state index contributed by atoms with van der Waals surface area (Å²) in [6, 6.07) is 0. The molecule has 0 saturated carbocycles. The zero-order chi connectivity index (χ0) is 4.41. The average molecular weight is 118 g/mol. The Morgan fingerprint density at radius 1 is 1.67 bits per heavy atom. The lowest BCUT2D eigenvalue weighted by atomic mass is 10.4. The van der Waals surface area contributed by atoms with E-state index in [2.05, 4.69) is 0 Å². The fourth-order valence-electron chi connectivity index (χ4n) is 0.565. The molecule has 1 fully saturated rings. The summed E-state index contributed by atoms with van der Waals surface area (Å²) in [4.78, 5) is 0. The smallest absolute Gasteiger partial charge is 0.0132 e. The molecule has 0 amide bonds. The van der Waals surface area contributed by atoms with Crippen molar-refractivity contribution in [1.29, 1.82) is 0 Å². The van der Waals surface area contributed by atoms with Crippen molar-refractivity contribution < 1.29 is 0 Å². The van der Waals surface area contributed by atoms with Crippen molar-refractivity contribution in [1.82, 2.24) is 0 Å². The van der Waals surface area contributed by atoms with E-state index in [4.69, 9.17) is 12.2 Å². The van der Waals surface area contributed by atoms with Crippen molar-refractivity contribution in [3.8, 4) is 0 Å². The number of rotatable bonds is 0. The predicted molar refractivity (Wildman–Crippen MR) is 35.0 cm³/mol. The maximum atomic E-state index is 4.93. The van der Waals surface area contributed by atoms with Crippen LogP contribution in [0, 0.1) is 0 Å². The molecular formula is C4H7PS. The van der Waals surface area contributed by atoms with E-state index < -0.39 is 0 Å². The Morgan fingerprint density at radius 3 is 2.67 bits per heavy atom. The molecule has 0 radical (unpaired) electrons. The first-order valence-electron chi connectivity index (χ1n) is 2.16. The third-order valence-corrected chi connectivity index (χ3v) is 2.79. The summed E-state index contributed by atoms with van der Waals surface area (Å²) in [5.41, 5.74) is 0. The second-order valence-corrected chi connectivity index (χ2v) is 3.77. The molecule has 1 rings (SSSR count). The second kappa shape index (κ2) is 1.99. The minimum absolute atomic E-state index is 1.01. The maximum absolute atomic E-state index is 4.93. The van der Waals surface area contributed by atoms with Gasteiger partial charge in [-0.2, -0.15) is 0 Å². The Morgan fingerprint density at radius 2 is 2.50 bits per heavy atom. The van der Waals surface area contributed by atoms with E-state index in [1.807, 2.05) is 0 Å². The highest BCUT2D eigenvalue weighted by molar-refractivity contribution is 7.93. The summed E-state index contributed by atoms with van der Waals surface area (Å²) in [5.74, 6) is 0. The van der Waals surface area contributed by atoms with Crippen LogP contribution in [0.1, 0.15) is 12.8 Å². The van der Waals surface area contributed by atoms with Crippen LogP contribution < -0.4 is 0 Å². The van der Waals surface area contributed by atoms with Crippen LogP contribution in [0.15, 0.2) is 0 Å². The highest BCUT2D eigenvalue weighted by Gasteiger charge is 2.03. The summed E-state index contributed by atoms with van der Waals surface area (Å²) < 4.78 is 1.31. The molecule has 1 saturated heterocycles. The summed E-state index contributed by atoms with van der Waals surface area (Å²) in [6.07, 6.45) is 3.96. The third kappa shape index (κ3) is 0.990. The Labute approximate surface area is 45.1 Å². The fraction of sp³-hybridized carbons (Fsp3) is 0.750. The molecule has 1 aliphatic rings. The second-order valence-electron chi connectivity index (χ2n) is 1.45. The molecule has 1 aliphatic heterocycles. The van der Waals surface area contributed by atoms with Gasteiger partial charge in [-0.25, -0.2) is 0 Å². The first-order chi connectivity index (χ1) is 2.89. The summed E-state index contributed by atoms with van der Waals surface area (Å²) in [5, 5.41) is 0. The van der Waals surface area contributed by atoms with Crippen LogP contribution in [0.5, 0.6) is 0 Å². The van der Waals surface area contributed by atoms with Crippen molar-refractivity contribution in [2.45, 2.75) is 12.8 Å². The minimum atomic E-state index is 1.01. The van der Waals surface area contributed by atoms with Gasteiger partial charge in [0.25, 0.3) is 0 Å². The largest absolute Gasteiger partial charge is 0.0847 e. The van der Waals surface area contributed by atoms with Crippen molar-refractivity contribution in [2.24, 2.45) is 0 Å². The quantitative estimate of drug-likeness (QED) is 0.345. The topological polar surface area (TPSA) is 0 Å². The molecule has 0 bridgehead atoms. The summed E-state index contributed by atoms with van der Waals surface area (Å²) in [6.45, 7) is 0. The lowest BCUT2D eigenvalue weighted by molar-refractivity contribution is 1.05. The molecule has 0 aromatic heterocycles. The Balaban J connectivity index is 2.37. The fourth-order valence-corrected chi connectivity index (χ4v) is 2.00. The minimum Gasteiger partial charge on any atom is -0.0847 e. The van der Waals surface area contributed by atoms with Gasteiger partial charge in [0.2, 0.25) is 0 Å². The van der Waals surface area contributed by atoms with Crippen LogP contribution in [0.25, 0.3) is 0 Å². The van der Waals surface area contributed by atoms with Gasteiger partial charge in [-0.15, -0.1) is 0 Å². The van der Waals surface area contributed by atoms with Crippen LogP contribution >= 0.6 is 20.8 Å². The van der Waals surface area contributed by atoms with Crippen molar-refractivity contribution >= 4 is 25.4 Å². The van der Waals surface area contributed by atoms with Crippen LogP contribution in [0.2, 0.25) is 0 Å². The number of hydrogen-bond acceptors (Lipinski definition) is 1. The molecule has 1 heterocycles. The van der Waals surface area contributed by atoms with Gasteiger partial charge in [-0.3, -0.25) is 0 Å². The SMILES string of the molecule is S=C1CCCP1. The average Bonchev–Trinajstić information content (AvgIpc) is 1.86. The Hall–Kier alpha value is 0.520. The maximum Gasteiger partial charge on any atom is 0.0132 e. The molecular weight excluding hydrogens is 111 g/mol. The van der Waals surface area contributed by atoms with E-state index in [9.17, 15) is 0 Å². The van der Waals surface area contributed by atoms with Crippen molar-refractivity contribution in [3.05, 3.63) is 0 Å². The standard InChI is InChI=1S/C4H7PS/c6-4-2-1-3-5-4/h5H,1-3H2. The van der Waals surface area contributed by atoms with E-state index in [0.717, 1.165) is 8.58 Å². The lowest BCUT2D eigenvalue weighted by Gasteiger charge is -1.77. The molecule has 0 aliphatic carbocycles. The molecule has 6 heavy (non-hydrogen) atoms. The molecule has 34 valence electrons. The van der Waals surface area contributed by atoms with Gasteiger partial charge in [-0.05, 0) is 19.0 Å². The number of thiocarbonyl (C=S) groups is 1. The first kappa shape index (κ1) is 4.67. The van der Waals surface area contributed by atoms with Gasteiger partial charge >= 0.3 is 0 Å². The molecule has 0 N–H and O–H groups in total. The van der Waals surface area contributed by atoms with Crippen LogP contribution in [-0.4, -0.2) is 10.8 Å². The van der Waals surface area contributed by atoms with Crippen LogP contribution in [-0.2, 0) is 0 Å². The zero-order valence-corrected chi connectivity index (χ0v) is 5.35. The van der Waals surface area contributed by atoms with Gasteiger partial charge < -0.3 is 0 Å². The van der Waals surface area contributed by atoms with E-state index in [0.29, 0.717) is 0 Å². The highest BCUT2D eigenvalue weighted by atomic mass is 32.1. The first-order valence-corrected chi connectivity index (χ1v) is 3.78. The lowest BCUT2D eigenvalue weighted by Crippen LogP contribution is -1.68. The monoisotopic (exact) mass is 118 g/mol. The summed E-state index contributed by atoms with van der Waals surface area (Å²) >= 11 is 4.93. The van der Waals surface area contributed by atoms with E-state index >= 15 is 0 Å².